The van der Waals surface area contributed by atoms with Gasteiger partial charge in [0.2, 0.25) is 10.0 Å². The van der Waals surface area contributed by atoms with Crippen LogP contribution in [0.1, 0.15) is 23.9 Å². The van der Waals surface area contributed by atoms with Gasteiger partial charge in [-0.15, -0.1) is 0 Å². The molecule has 2 heterocycles. The highest BCUT2D eigenvalue weighted by Crippen LogP contribution is 2.24. The standard InChI is InChI=1S/C19H28N4O3S/c1-4-21(14-18-8-6-5-7-9-18)15-23-17(3)19(16(2)20-23)27(24,25)22-10-12-26-13-11-22/h5-9H,4,10-15H2,1-3H3. The number of benzene rings is 1. The number of rotatable bonds is 7. The van der Waals surface area contributed by atoms with Crippen LogP contribution in [0.25, 0.3) is 0 Å². The zero-order valence-corrected chi connectivity index (χ0v) is 17.1. The topological polar surface area (TPSA) is 67.7 Å². The van der Waals surface area contributed by atoms with E-state index in [4.69, 9.17) is 4.74 Å². The molecule has 3 rings (SSSR count). The first kappa shape index (κ1) is 20.0. The lowest BCUT2D eigenvalue weighted by molar-refractivity contribution is 0.0730. The second kappa shape index (κ2) is 8.52. The molecule has 0 atom stereocenters. The van der Waals surface area contributed by atoms with Gasteiger partial charge in [-0.3, -0.25) is 9.58 Å². The van der Waals surface area contributed by atoms with E-state index in [1.807, 2.05) is 25.1 Å². The van der Waals surface area contributed by atoms with Crippen molar-refractivity contribution < 1.29 is 13.2 Å². The molecule has 148 valence electrons. The number of hydrogen-bond donors (Lipinski definition) is 0. The molecule has 1 aliphatic heterocycles. The molecule has 0 radical (unpaired) electrons. The number of aryl methyl sites for hydroxylation is 1. The highest BCUT2D eigenvalue weighted by molar-refractivity contribution is 7.89. The fourth-order valence-electron chi connectivity index (χ4n) is 3.40. The molecule has 0 saturated carbocycles. The van der Waals surface area contributed by atoms with Crippen LogP contribution >= 0.6 is 0 Å². The molecular formula is C19H28N4O3S. The first-order valence-electron chi connectivity index (χ1n) is 9.31. The summed E-state index contributed by atoms with van der Waals surface area (Å²) in [5.41, 5.74) is 2.46. The summed E-state index contributed by atoms with van der Waals surface area (Å²) in [4.78, 5) is 2.57. The van der Waals surface area contributed by atoms with Crippen LogP contribution in [0.15, 0.2) is 35.2 Å². The Morgan fingerprint density at radius 3 is 2.44 bits per heavy atom. The third-order valence-electron chi connectivity index (χ3n) is 4.91. The summed E-state index contributed by atoms with van der Waals surface area (Å²) < 4.78 is 34.8. The zero-order valence-electron chi connectivity index (χ0n) is 16.3. The number of aromatic nitrogens is 2. The first-order valence-corrected chi connectivity index (χ1v) is 10.8. The van der Waals surface area contributed by atoms with Crippen molar-refractivity contribution in [3.05, 3.63) is 47.3 Å². The smallest absolute Gasteiger partial charge is 0.246 e. The first-order chi connectivity index (χ1) is 12.9. The summed E-state index contributed by atoms with van der Waals surface area (Å²) in [6, 6.07) is 10.2. The Kier molecular flexibility index (Phi) is 6.31. The highest BCUT2D eigenvalue weighted by Gasteiger charge is 2.32. The van der Waals surface area contributed by atoms with Crippen LogP contribution < -0.4 is 0 Å². The third kappa shape index (κ3) is 4.40. The van der Waals surface area contributed by atoms with Crippen molar-refractivity contribution in [1.29, 1.82) is 0 Å². The van der Waals surface area contributed by atoms with E-state index < -0.39 is 10.0 Å². The fraction of sp³-hybridized carbons (Fsp3) is 0.526. The van der Waals surface area contributed by atoms with Gasteiger partial charge >= 0.3 is 0 Å². The van der Waals surface area contributed by atoms with Crippen LogP contribution in [0.4, 0.5) is 0 Å². The summed E-state index contributed by atoms with van der Waals surface area (Å²) in [5.74, 6) is 0. The second-order valence-corrected chi connectivity index (χ2v) is 8.66. The van der Waals surface area contributed by atoms with E-state index in [0.717, 1.165) is 13.1 Å². The van der Waals surface area contributed by atoms with Crippen LogP contribution in [-0.4, -0.2) is 60.3 Å². The number of morpholine rings is 1. The molecule has 1 fully saturated rings. The quantitative estimate of drug-likeness (QED) is 0.721. The Labute approximate surface area is 161 Å². The minimum absolute atomic E-state index is 0.333. The van der Waals surface area contributed by atoms with Crippen molar-refractivity contribution >= 4 is 10.0 Å². The average molecular weight is 393 g/mol. The maximum absolute atomic E-state index is 13.1. The molecule has 0 amide bonds. The van der Waals surface area contributed by atoms with Crippen molar-refractivity contribution in [2.75, 3.05) is 32.8 Å². The number of nitrogens with zero attached hydrogens (tertiary/aromatic N) is 4. The third-order valence-corrected chi connectivity index (χ3v) is 7.06. The lowest BCUT2D eigenvalue weighted by Gasteiger charge is -2.26. The van der Waals surface area contributed by atoms with Gasteiger partial charge < -0.3 is 4.74 Å². The van der Waals surface area contributed by atoms with Gasteiger partial charge in [0.1, 0.15) is 4.90 Å². The van der Waals surface area contributed by atoms with Crippen molar-refractivity contribution in [3.8, 4) is 0 Å². The van der Waals surface area contributed by atoms with E-state index in [0.29, 0.717) is 49.3 Å². The van der Waals surface area contributed by atoms with Crippen LogP contribution in [0.5, 0.6) is 0 Å². The van der Waals surface area contributed by atoms with Gasteiger partial charge in [-0.1, -0.05) is 37.3 Å². The molecule has 0 spiro atoms. The fourth-order valence-corrected chi connectivity index (χ4v) is 5.18. The van der Waals surface area contributed by atoms with Crippen molar-refractivity contribution in [3.63, 3.8) is 0 Å². The minimum Gasteiger partial charge on any atom is -0.379 e. The van der Waals surface area contributed by atoms with Gasteiger partial charge in [-0.25, -0.2) is 8.42 Å². The van der Waals surface area contributed by atoms with E-state index >= 15 is 0 Å². The highest BCUT2D eigenvalue weighted by atomic mass is 32.2. The predicted molar refractivity (Wildman–Crippen MR) is 104 cm³/mol. The summed E-state index contributed by atoms with van der Waals surface area (Å²) >= 11 is 0. The normalized spacial score (nSPS) is 16.1. The molecule has 1 aromatic heterocycles. The summed E-state index contributed by atoms with van der Waals surface area (Å²) in [6.07, 6.45) is 0. The minimum atomic E-state index is -3.55. The van der Waals surface area contributed by atoms with Crippen LogP contribution in [0.3, 0.4) is 0 Å². The van der Waals surface area contributed by atoms with E-state index in [2.05, 4.69) is 29.1 Å². The predicted octanol–water partition coefficient (Wildman–Crippen LogP) is 2.00. The van der Waals surface area contributed by atoms with Crippen molar-refractivity contribution in [2.45, 2.75) is 38.9 Å². The number of hydrogen-bond acceptors (Lipinski definition) is 5. The van der Waals surface area contributed by atoms with Gasteiger partial charge in [-0.05, 0) is 26.0 Å². The molecule has 1 aliphatic rings. The molecule has 0 aliphatic carbocycles. The Hall–Kier alpha value is -1.74. The molecule has 27 heavy (non-hydrogen) atoms. The molecule has 0 N–H and O–H groups in total. The molecule has 1 aromatic carbocycles. The molecular weight excluding hydrogens is 364 g/mol. The monoisotopic (exact) mass is 392 g/mol. The Morgan fingerprint density at radius 2 is 1.81 bits per heavy atom. The average Bonchev–Trinajstić information content (AvgIpc) is 2.96. The van der Waals surface area contributed by atoms with Crippen LogP contribution in [0.2, 0.25) is 0 Å². The lowest BCUT2D eigenvalue weighted by Crippen LogP contribution is -2.41. The molecule has 7 nitrogen and oxygen atoms in total. The molecule has 2 aromatic rings. The van der Waals surface area contributed by atoms with E-state index in [9.17, 15) is 8.42 Å². The largest absolute Gasteiger partial charge is 0.379 e. The van der Waals surface area contributed by atoms with Crippen LogP contribution in [-0.2, 0) is 28.0 Å². The Morgan fingerprint density at radius 1 is 1.15 bits per heavy atom. The summed E-state index contributed by atoms with van der Waals surface area (Å²) in [5, 5.41) is 4.54. The molecule has 0 unspecified atom stereocenters. The van der Waals surface area contributed by atoms with E-state index in [1.165, 1.54) is 9.87 Å². The van der Waals surface area contributed by atoms with Crippen LogP contribution in [0, 0.1) is 13.8 Å². The Bertz CT molecular complexity index is 859. The number of ether oxygens (including phenoxy) is 1. The maximum atomic E-state index is 13.1. The molecule has 1 saturated heterocycles. The van der Waals surface area contributed by atoms with Gasteiger partial charge in [0.25, 0.3) is 0 Å². The Balaban J connectivity index is 1.82. The van der Waals surface area contributed by atoms with Gasteiger partial charge in [0.05, 0.1) is 31.3 Å². The van der Waals surface area contributed by atoms with E-state index in [1.54, 1.807) is 11.6 Å². The summed E-state index contributed by atoms with van der Waals surface area (Å²) in [7, 11) is -3.55. The van der Waals surface area contributed by atoms with Gasteiger partial charge in [0.15, 0.2) is 0 Å². The lowest BCUT2D eigenvalue weighted by atomic mass is 10.2. The number of sulfonamides is 1. The van der Waals surface area contributed by atoms with Crippen molar-refractivity contribution in [2.24, 2.45) is 0 Å². The second-order valence-electron chi connectivity index (χ2n) is 6.79. The molecule has 0 bridgehead atoms. The maximum Gasteiger partial charge on any atom is 0.246 e. The zero-order chi connectivity index (χ0) is 19.4. The summed E-state index contributed by atoms with van der Waals surface area (Å²) in [6.45, 7) is 9.55. The van der Waals surface area contributed by atoms with Crippen molar-refractivity contribution in [1.82, 2.24) is 19.0 Å². The SMILES string of the molecule is CCN(Cc1ccccc1)Cn1nc(C)c(S(=O)(=O)N2CCOCC2)c1C. The van der Waals surface area contributed by atoms with Gasteiger partial charge in [0, 0.05) is 19.6 Å². The van der Waals surface area contributed by atoms with Gasteiger partial charge in [-0.2, -0.15) is 9.40 Å². The van der Waals surface area contributed by atoms with E-state index in [-0.39, 0.29) is 0 Å². The molecule has 8 heteroatoms.